The molecule has 1 saturated carbocycles. The Morgan fingerprint density at radius 3 is 2.58 bits per heavy atom. The topological polar surface area (TPSA) is 120 Å². The van der Waals surface area contributed by atoms with Crippen molar-refractivity contribution in [1.82, 2.24) is 14.7 Å². The third kappa shape index (κ3) is 5.36. The fourth-order valence-electron chi connectivity index (χ4n) is 3.00. The number of aromatic nitrogens is 2. The van der Waals surface area contributed by atoms with Gasteiger partial charge in [-0.05, 0) is 55.7 Å². The van der Waals surface area contributed by atoms with Crippen molar-refractivity contribution in [2.75, 3.05) is 10.6 Å². The zero-order chi connectivity index (χ0) is 21.8. The van der Waals surface area contributed by atoms with Crippen LogP contribution < -0.4 is 15.4 Å². The summed E-state index contributed by atoms with van der Waals surface area (Å²) in [5, 5.41) is 15.2. The third-order valence-electron chi connectivity index (χ3n) is 4.85. The van der Waals surface area contributed by atoms with Gasteiger partial charge in [0, 0.05) is 29.7 Å². The Kier molecular flexibility index (Phi) is 5.84. The predicted octanol–water partition coefficient (Wildman–Crippen LogP) is 3.73. The molecule has 2 aromatic carbocycles. The Bertz CT molecular complexity index is 1250. The molecule has 9 heteroatoms. The summed E-state index contributed by atoms with van der Waals surface area (Å²) >= 11 is 0. The van der Waals surface area contributed by atoms with Crippen molar-refractivity contribution in [2.45, 2.75) is 31.6 Å². The molecule has 1 aliphatic rings. The summed E-state index contributed by atoms with van der Waals surface area (Å²) in [7, 11) is -3.22. The molecule has 1 fully saturated rings. The summed E-state index contributed by atoms with van der Waals surface area (Å²) in [6.45, 7) is 2.15. The van der Waals surface area contributed by atoms with Crippen LogP contribution in [0.4, 0.5) is 23.1 Å². The summed E-state index contributed by atoms with van der Waals surface area (Å²) in [6.07, 6.45) is 3.18. The zero-order valence-electron chi connectivity index (χ0n) is 17.0. The van der Waals surface area contributed by atoms with Gasteiger partial charge in [-0.2, -0.15) is 10.2 Å². The van der Waals surface area contributed by atoms with E-state index in [4.69, 9.17) is 5.26 Å². The lowest BCUT2D eigenvalue weighted by atomic mass is 10.2. The van der Waals surface area contributed by atoms with Crippen molar-refractivity contribution < 1.29 is 8.42 Å². The van der Waals surface area contributed by atoms with E-state index >= 15 is 0 Å². The van der Waals surface area contributed by atoms with E-state index in [1.165, 1.54) is 0 Å². The lowest BCUT2D eigenvalue weighted by Crippen LogP contribution is -2.26. The Morgan fingerprint density at radius 2 is 1.84 bits per heavy atom. The van der Waals surface area contributed by atoms with Gasteiger partial charge < -0.3 is 10.6 Å². The zero-order valence-corrected chi connectivity index (χ0v) is 17.8. The minimum Gasteiger partial charge on any atom is -0.340 e. The van der Waals surface area contributed by atoms with E-state index < -0.39 is 10.0 Å². The van der Waals surface area contributed by atoms with Gasteiger partial charge in [0.1, 0.15) is 5.82 Å². The smallest absolute Gasteiger partial charge is 0.229 e. The number of hydrogen-bond acceptors (Lipinski definition) is 7. The Morgan fingerprint density at radius 1 is 1.10 bits per heavy atom. The molecule has 0 atom stereocenters. The molecular weight excluding hydrogens is 412 g/mol. The van der Waals surface area contributed by atoms with Crippen molar-refractivity contribution in [2.24, 2.45) is 0 Å². The van der Waals surface area contributed by atoms with Gasteiger partial charge in [-0.15, -0.1) is 0 Å². The van der Waals surface area contributed by atoms with Crippen molar-refractivity contribution >= 4 is 33.2 Å². The van der Waals surface area contributed by atoms with Gasteiger partial charge in [0.15, 0.2) is 0 Å². The molecule has 0 spiro atoms. The van der Waals surface area contributed by atoms with Crippen LogP contribution in [0.1, 0.15) is 29.5 Å². The molecule has 3 aromatic rings. The van der Waals surface area contributed by atoms with Gasteiger partial charge >= 0.3 is 0 Å². The van der Waals surface area contributed by atoms with E-state index in [0.29, 0.717) is 17.3 Å². The molecule has 0 aliphatic heterocycles. The van der Waals surface area contributed by atoms with E-state index in [-0.39, 0.29) is 11.8 Å². The average Bonchev–Trinajstić information content (AvgIpc) is 3.61. The first-order chi connectivity index (χ1) is 14.9. The van der Waals surface area contributed by atoms with Gasteiger partial charge in [-0.25, -0.2) is 18.1 Å². The fraction of sp³-hybridized carbons (Fsp3) is 0.227. The molecule has 1 aromatic heterocycles. The first kappa shape index (κ1) is 20.8. The van der Waals surface area contributed by atoms with Crippen LogP contribution in [0, 0.1) is 18.3 Å². The van der Waals surface area contributed by atoms with E-state index in [1.807, 2.05) is 37.3 Å². The molecule has 8 nitrogen and oxygen atoms in total. The molecule has 0 unspecified atom stereocenters. The molecule has 0 radical (unpaired) electrons. The number of hydrogen-bond donors (Lipinski definition) is 3. The summed E-state index contributed by atoms with van der Waals surface area (Å²) in [6, 6.07) is 16.7. The number of rotatable bonds is 8. The Hall–Kier alpha value is -3.48. The standard InChI is InChI=1S/C22H22N6O2S/c1-15-13-24-22(27-19-7-2-4-16(10-19)12-23)28-21(15)26-18-6-3-5-17(11-18)14-25-31(29,30)20-8-9-20/h2-7,10-11,13,20,25H,8-9,14H2,1H3,(H2,24,26,27,28). The maximum Gasteiger partial charge on any atom is 0.229 e. The lowest BCUT2D eigenvalue weighted by Gasteiger charge is -2.12. The largest absolute Gasteiger partial charge is 0.340 e. The van der Waals surface area contributed by atoms with E-state index in [1.54, 1.807) is 24.4 Å². The highest BCUT2D eigenvalue weighted by atomic mass is 32.2. The molecular formula is C22H22N6O2S. The normalized spacial score (nSPS) is 13.4. The second-order valence-corrected chi connectivity index (χ2v) is 9.48. The van der Waals surface area contributed by atoms with Gasteiger partial charge in [0.25, 0.3) is 0 Å². The quantitative estimate of drug-likeness (QED) is 0.494. The number of aryl methyl sites for hydroxylation is 1. The van der Waals surface area contributed by atoms with Crippen LogP contribution in [0.5, 0.6) is 0 Å². The van der Waals surface area contributed by atoms with Crippen LogP contribution >= 0.6 is 0 Å². The Balaban J connectivity index is 1.47. The van der Waals surface area contributed by atoms with E-state index in [9.17, 15) is 8.42 Å². The van der Waals surface area contributed by atoms with Gasteiger partial charge in [0.2, 0.25) is 16.0 Å². The first-order valence-corrected chi connectivity index (χ1v) is 11.4. The summed E-state index contributed by atoms with van der Waals surface area (Å²) in [5.74, 6) is 1.03. The van der Waals surface area contributed by atoms with Gasteiger partial charge in [0.05, 0.1) is 16.9 Å². The summed E-state index contributed by atoms with van der Waals surface area (Å²) in [5.41, 5.74) is 3.77. The number of nitrogens with zero attached hydrogens (tertiary/aromatic N) is 3. The molecule has 158 valence electrons. The minimum atomic E-state index is -3.22. The molecule has 1 heterocycles. The van der Waals surface area contributed by atoms with Crippen LogP contribution in [0.15, 0.2) is 54.7 Å². The van der Waals surface area contributed by atoms with Crippen LogP contribution in [-0.2, 0) is 16.6 Å². The fourth-order valence-corrected chi connectivity index (χ4v) is 4.36. The minimum absolute atomic E-state index is 0.239. The van der Waals surface area contributed by atoms with Crippen molar-refractivity contribution in [3.63, 3.8) is 0 Å². The number of anilines is 4. The maximum atomic E-state index is 12.0. The van der Waals surface area contributed by atoms with Crippen LogP contribution in [0.2, 0.25) is 0 Å². The molecule has 0 saturated heterocycles. The molecule has 0 amide bonds. The van der Waals surface area contributed by atoms with Crippen LogP contribution in [0.3, 0.4) is 0 Å². The highest BCUT2D eigenvalue weighted by molar-refractivity contribution is 7.90. The highest BCUT2D eigenvalue weighted by Gasteiger charge is 2.35. The molecule has 31 heavy (non-hydrogen) atoms. The first-order valence-electron chi connectivity index (χ1n) is 9.88. The molecule has 0 bridgehead atoms. The van der Waals surface area contributed by atoms with Crippen molar-refractivity contribution in [3.8, 4) is 6.07 Å². The average molecular weight is 435 g/mol. The van der Waals surface area contributed by atoms with E-state index in [2.05, 4.69) is 31.4 Å². The molecule has 1 aliphatic carbocycles. The monoisotopic (exact) mass is 434 g/mol. The number of nitrogens with one attached hydrogen (secondary N) is 3. The van der Waals surface area contributed by atoms with Crippen LogP contribution in [-0.4, -0.2) is 23.6 Å². The predicted molar refractivity (Wildman–Crippen MR) is 120 cm³/mol. The number of benzene rings is 2. The Labute approximate surface area is 181 Å². The molecule has 4 rings (SSSR count). The van der Waals surface area contributed by atoms with Crippen molar-refractivity contribution in [1.29, 1.82) is 5.26 Å². The maximum absolute atomic E-state index is 12.0. The van der Waals surface area contributed by atoms with Crippen LogP contribution in [0.25, 0.3) is 0 Å². The molecule has 3 N–H and O–H groups in total. The van der Waals surface area contributed by atoms with Crippen molar-refractivity contribution in [3.05, 3.63) is 71.4 Å². The second-order valence-electron chi connectivity index (χ2n) is 7.43. The summed E-state index contributed by atoms with van der Waals surface area (Å²) in [4.78, 5) is 8.84. The second kappa shape index (κ2) is 8.71. The van der Waals surface area contributed by atoms with E-state index in [0.717, 1.165) is 35.3 Å². The number of sulfonamides is 1. The number of nitriles is 1. The third-order valence-corrected chi connectivity index (χ3v) is 6.75. The van der Waals surface area contributed by atoms with Gasteiger partial charge in [-0.1, -0.05) is 18.2 Å². The summed E-state index contributed by atoms with van der Waals surface area (Å²) < 4.78 is 26.8. The SMILES string of the molecule is Cc1cnc(Nc2cccc(C#N)c2)nc1Nc1cccc(CNS(=O)(=O)C2CC2)c1. The highest BCUT2D eigenvalue weighted by Crippen LogP contribution is 2.28. The lowest BCUT2D eigenvalue weighted by molar-refractivity contribution is 0.580. The van der Waals surface area contributed by atoms with Gasteiger partial charge in [-0.3, -0.25) is 0 Å².